The Bertz CT molecular complexity index is 280. The summed E-state index contributed by atoms with van der Waals surface area (Å²) in [5.41, 5.74) is -0.211. The monoisotopic (exact) mass is 210 g/mol. The summed E-state index contributed by atoms with van der Waals surface area (Å²) < 4.78 is 35.9. The van der Waals surface area contributed by atoms with Crippen molar-refractivity contribution in [1.82, 2.24) is 0 Å². The van der Waals surface area contributed by atoms with Gasteiger partial charge in [0, 0.05) is 5.02 Å². The third-order valence-electron chi connectivity index (χ3n) is 1.50. The van der Waals surface area contributed by atoms with Crippen molar-refractivity contribution in [3.05, 3.63) is 34.9 Å². The van der Waals surface area contributed by atoms with Crippen molar-refractivity contribution in [2.45, 2.75) is 12.3 Å². The fraction of sp³-hybridized carbons (Fsp3) is 0.250. The van der Waals surface area contributed by atoms with Gasteiger partial charge in [0.25, 0.3) is 0 Å². The lowest BCUT2D eigenvalue weighted by Gasteiger charge is -2.14. The Morgan fingerprint density at radius 1 is 1.15 bits per heavy atom. The number of alkyl halides is 3. The first-order valence-corrected chi connectivity index (χ1v) is 3.79. The van der Waals surface area contributed by atoms with Crippen LogP contribution in [0.3, 0.4) is 0 Å². The number of hydrogen-bond acceptors (Lipinski definition) is 1. The van der Waals surface area contributed by atoms with Crippen LogP contribution >= 0.6 is 11.6 Å². The summed E-state index contributed by atoms with van der Waals surface area (Å²) in [6.07, 6.45) is -7.07. The molecule has 0 aliphatic heterocycles. The highest BCUT2D eigenvalue weighted by molar-refractivity contribution is 6.30. The summed E-state index contributed by atoms with van der Waals surface area (Å²) in [4.78, 5) is 0. The topological polar surface area (TPSA) is 20.2 Å². The van der Waals surface area contributed by atoms with Crippen molar-refractivity contribution in [3.8, 4) is 0 Å². The van der Waals surface area contributed by atoms with Crippen molar-refractivity contribution < 1.29 is 18.3 Å². The number of hydrogen-bond donors (Lipinski definition) is 1. The van der Waals surface area contributed by atoms with E-state index in [9.17, 15) is 13.2 Å². The molecule has 0 fully saturated rings. The maximum atomic E-state index is 12.0. The van der Waals surface area contributed by atoms with Gasteiger partial charge in [0.05, 0.1) is 0 Å². The lowest BCUT2D eigenvalue weighted by Crippen LogP contribution is -2.19. The van der Waals surface area contributed by atoms with Gasteiger partial charge in [0.1, 0.15) is 0 Å². The summed E-state index contributed by atoms with van der Waals surface area (Å²) in [6, 6.07) is 4.87. The van der Waals surface area contributed by atoms with E-state index >= 15 is 0 Å². The molecule has 1 unspecified atom stereocenters. The zero-order valence-electron chi connectivity index (χ0n) is 6.35. The van der Waals surface area contributed by atoms with Crippen LogP contribution in [-0.4, -0.2) is 11.3 Å². The van der Waals surface area contributed by atoms with Crippen molar-refractivity contribution >= 4 is 11.6 Å². The molecule has 1 aromatic rings. The van der Waals surface area contributed by atoms with Gasteiger partial charge >= 0.3 is 6.18 Å². The molecule has 72 valence electrons. The minimum Gasteiger partial charge on any atom is -0.379 e. The molecule has 1 rings (SSSR count). The highest BCUT2D eigenvalue weighted by Gasteiger charge is 2.39. The molecule has 1 N–H and O–H groups in total. The van der Waals surface area contributed by atoms with Crippen molar-refractivity contribution in [2.75, 3.05) is 0 Å². The second-order valence-corrected chi connectivity index (χ2v) is 2.93. The molecule has 0 spiro atoms. The highest BCUT2D eigenvalue weighted by Crippen LogP contribution is 2.32. The minimum atomic E-state index is -4.63. The largest absolute Gasteiger partial charge is 0.418 e. The van der Waals surface area contributed by atoms with Crippen LogP contribution < -0.4 is 0 Å². The van der Waals surface area contributed by atoms with Crippen LogP contribution in [0, 0.1) is 0 Å². The van der Waals surface area contributed by atoms with Gasteiger partial charge in [0.2, 0.25) is 0 Å². The fourth-order valence-corrected chi connectivity index (χ4v) is 0.960. The maximum Gasteiger partial charge on any atom is 0.418 e. The molecule has 0 aliphatic rings. The molecule has 0 aliphatic carbocycles. The number of halogens is 4. The Labute approximate surface area is 77.8 Å². The predicted octanol–water partition coefficient (Wildman–Crippen LogP) is 2.94. The Morgan fingerprint density at radius 3 is 2.00 bits per heavy atom. The quantitative estimate of drug-likeness (QED) is 0.756. The third kappa shape index (κ3) is 2.60. The van der Waals surface area contributed by atoms with E-state index in [2.05, 4.69) is 0 Å². The van der Waals surface area contributed by atoms with Crippen LogP contribution in [0.2, 0.25) is 5.02 Å². The van der Waals surface area contributed by atoms with Crippen LogP contribution in [0.15, 0.2) is 24.3 Å². The first-order chi connectivity index (χ1) is 5.91. The normalized spacial score (nSPS) is 14.2. The number of aliphatic hydroxyl groups is 1. The smallest absolute Gasteiger partial charge is 0.379 e. The third-order valence-corrected chi connectivity index (χ3v) is 1.75. The van der Waals surface area contributed by atoms with Crippen molar-refractivity contribution in [3.63, 3.8) is 0 Å². The first-order valence-electron chi connectivity index (χ1n) is 3.41. The standard InChI is InChI=1S/C8H6ClF3O/c9-6-3-1-5(2-4-6)7(13)8(10,11)12/h1-4,7,13H. The van der Waals surface area contributed by atoms with Crippen LogP contribution in [0.25, 0.3) is 0 Å². The summed E-state index contributed by atoms with van der Waals surface area (Å²) in [5, 5.41) is 9.11. The Kier molecular flexibility index (Phi) is 2.83. The van der Waals surface area contributed by atoms with Crippen LogP contribution in [0.1, 0.15) is 11.7 Å². The Morgan fingerprint density at radius 2 is 1.62 bits per heavy atom. The second kappa shape index (κ2) is 3.55. The summed E-state index contributed by atoms with van der Waals surface area (Å²) in [7, 11) is 0. The average molecular weight is 211 g/mol. The minimum absolute atomic E-state index is 0.211. The summed E-state index contributed by atoms with van der Waals surface area (Å²) >= 11 is 5.47. The lowest BCUT2D eigenvalue weighted by molar-refractivity contribution is -0.206. The van der Waals surface area contributed by atoms with Gasteiger partial charge in [-0.1, -0.05) is 23.7 Å². The van der Waals surface area contributed by atoms with Crippen molar-refractivity contribution in [2.24, 2.45) is 0 Å². The molecule has 0 radical (unpaired) electrons. The van der Waals surface area contributed by atoms with Gasteiger partial charge in [-0.3, -0.25) is 0 Å². The van der Waals surface area contributed by atoms with E-state index in [-0.39, 0.29) is 5.56 Å². The van der Waals surface area contributed by atoms with E-state index in [0.717, 1.165) is 12.1 Å². The molecular weight excluding hydrogens is 205 g/mol. The number of aliphatic hydroxyl groups excluding tert-OH is 1. The highest BCUT2D eigenvalue weighted by atomic mass is 35.5. The van der Waals surface area contributed by atoms with E-state index < -0.39 is 12.3 Å². The zero-order chi connectivity index (χ0) is 10.1. The van der Waals surface area contributed by atoms with Gasteiger partial charge < -0.3 is 5.11 Å². The molecule has 0 aromatic heterocycles. The van der Waals surface area contributed by atoms with Gasteiger partial charge in [-0.25, -0.2) is 0 Å². The first kappa shape index (κ1) is 10.3. The zero-order valence-corrected chi connectivity index (χ0v) is 7.10. The van der Waals surface area contributed by atoms with Crippen LogP contribution in [0.4, 0.5) is 13.2 Å². The molecule has 1 atom stereocenters. The molecule has 0 saturated heterocycles. The van der Waals surface area contributed by atoms with Crippen LogP contribution in [-0.2, 0) is 0 Å². The van der Waals surface area contributed by atoms with E-state index in [1.165, 1.54) is 12.1 Å². The average Bonchev–Trinajstić information content (AvgIpc) is 2.03. The van der Waals surface area contributed by atoms with E-state index in [4.69, 9.17) is 16.7 Å². The molecule has 0 amide bonds. The van der Waals surface area contributed by atoms with E-state index in [0.29, 0.717) is 5.02 Å². The Hall–Kier alpha value is -0.740. The molecular formula is C8H6ClF3O. The predicted molar refractivity (Wildman–Crippen MR) is 42.5 cm³/mol. The van der Waals surface area contributed by atoms with E-state index in [1.54, 1.807) is 0 Å². The molecule has 5 heteroatoms. The fourth-order valence-electron chi connectivity index (χ4n) is 0.834. The van der Waals surface area contributed by atoms with E-state index in [1.807, 2.05) is 0 Å². The molecule has 0 heterocycles. The van der Waals surface area contributed by atoms with Gasteiger partial charge in [-0.05, 0) is 17.7 Å². The SMILES string of the molecule is OC(c1ccc(Cl)cc1)C(F)(F)F. The second-order valence-electron chi connectivity index (χ2n) is 2.50. The molecule has 0 bridgehead atoms. The Balaban J connectivity index is 2.90. The molecule has 13 heavy (non-hydrogen) atoms. The van der Waals surface area contributed by atoms with Gasteiger partial charge in [-0.2, -0.15) is 13.2 Å². The molecule has 1 aromatic carbocycles. The summed E-state index contributed by atoms with van der Waals surface area (Å²) in [6.45, 7) is 0. The molecule has 0 saturated carbocycles. The maximum absolute atomic E-state index is 12.0. The van der Waals surface area contributed by atoms with Gasteiger partial charge in [0.15, 0.2) is 6.10 Å². The number of rotatable bonds is 1. The van der Waals surface area contributed by atoms with Crippen molar-refractivity contribution in [1.29, 1.82) is 0 Å². The number of benzene rings is 1. The summed E-state index contributed by atoms with van der Waals surface area (Å²) in [5.74, 6) is 0. The lowest BCUT2D eigenvalue weighted by atomic mass is 10.1. The van der Waals surface area contributed by atoms with Gasteiger partial charge in [-0.15, -0.1) is 0 Å². The van der Waals surface area contributed by atoms with Crippen LogP contribution in [0.5, 0.6) is 0 Å². The molecule has 1 nitrogen and oxygen atoms in total.